The highest BCUT2D eigenvalue weighted by molar-refractivity contribution is 7.92. The molecule has 9 nitrogen and oxygen atoms in total. The van der Waals surface area contributed by atoms with Gasteiger partial charge >= 0.3 is 11.5 Å². The summed E-state index contributed by atoms with van der Waals surface area (Å²) in [6.45, 7) is -0.329. The number of nitrogens with one attached hydrogen (secondary N) is 1. The van der Waals surface area contributed by atoms with Gasteiger partial charge in [0.1, 0.15) is 6.54 Å². The average molecular weight is 525 g/mol. The van der Waals surface area contributed by atoms with Crippen LogP contribution in [0.2, 0.25) is 0 Å². The zero-order valence-electron chi connectivity index (χ0n) is 19.0. The monoisotopic (exact) mass is 524 g/mol. The third kappa shape index (κ3) is 5.06. The predicted octanol–water partition coefficient (Wildman–Crippen LogP) is 3.86. The molecule has 13 heteroatoms. The van der Waals surface area contributed by atoms with Crippen molar-refractivity contribution in [3.05, 3.63) is 48.3 Å². The molecule has 0 spiro atoms. The van der Waals surface area contributed by atoms with Crippen molar-refractivity contribution < 1.29 is 36.0 Å². The van der Waals surface area contributed by atoms with Gasteiger partial charge in [0.25, 0.3) is 15.7 Å². The summed E-state index contributed by atoms with van der Waals surface area (Å²) in [6.07, 6.45) is 7.64. The van der Waals surface area contributed by atoms with Gasteiger partial charge in [-0.05, 0) is 48.7 Å². The maximum atomic E-state index is 13.0. The number of sulfone groups is 1. The van der Waals surface area contributed by atoms with Crippen LogP contribution in [0, 0.1) is 5.92 Å². The van der Waals surface area contributed by atoms with E-state index in [9.17, 15) is 36.0 Å². The number of imide groups is 1. The number of carbonyl (C=O) groups is 3. The highest BCUT2D eigenvalue weighted by Crippen LogP contribution is 2.32. The molecule has 36 heavy (non-hydrogen) atoms. The lowest BCUT2D eigenvalue weighted by atomic mass is 9.88. The largest absolute Gasteiger partial charge is 0.501 e. The Labute approximate surface area is 205 Å². The van der Waals surface area contributed by atoms with Crippen molar-refractivity contribution in [3.8, 4) is 0 Å². The molecule has 1 aromatic heterocycles. The number of alkyl halides is 3. The van der Waals surface area contributed by atoms with Crippen molar-refractivity contribution >= 4 is 39.1 Å². The van der Waals surface area contributed by atoms with E-state index in [1.807, 2.05) is 0 Å². The number of aromatic nitrogens is 1. The molecule has 2 heterocycles. The summed E-state index contributed by atoms with van der Waals surface area (Å²) >= 11 is 0. The van der Waals surface area contributed by atoms with Gasteiger partial charge in [0.2, 0.25) is 5.91 Å². The summed E-state index contributed by atoms with van der Waals surface area (Å²) < 4.78 is 61.5. The van der Waals surface area contributed by atoms with E-state index in [0.717, 1.165) is 49.1 Å². The molecule has 1 aliphatic heterocycles. The molecule has 0 unspecified atom stereocenters. The van der Waals surface area contributed by atoms with E-state index in [4.69, 9.17) is 0 Å². The van der Waals surface area contributed by atoms with Gasteiger partial charge in [-0.25, -0.2) is 18.1 Å². The lowest BCUT2D eigenvalue weighted by Gasteiger charge is -2.22. The molecule has 0 radical (unpaired) electrons. The van der Waals surface area contributed by atoms with Crippen LogP contribution in [0.15, 0.2) is 47.6 Å². The Hall–Kier alpha value is -3.48. The van der Waals surface area contributed by atoms with Crippen LogP contribution < -0.4 is 10.2 Å². The quantitative estimate of drug-likeness (QED) is 0.574. The minimum absolute atomic E-state index is 0.0234. The molecule has 2 fully saturated rings. The van der Waals surface area contributed by atoms with E-state index in [-0.39, 0.29) is 30.6 Å². The number of pyridine rings is 1. The van der Waals surface area contributed by atoms with Gasteiger partial charge in [0, 0.05) is 12.1 Å². The van der Waals surface area contributed by atoms with E-state index in [1.54, 1.807) is 6.07 Å². The Morgan fingerprint density at radius 2 is 1.72 bits per heavy atom. The van der Waals surface area contributed by atoms with Gasteiger partial charge < -0.3 is 10.2 Å². The number of carbonyl (C=O) groups excluding carboxylic acids is 3. The summed E-state index contributed by atoms with van der Waals surface area (Å²) in [5, 5.41) is 2.87. The summed E-state index contributed by atoms with van der Waals surface area (Å²) in [5.74, 6) is -0.849. The third-order valence-corrected chi connectivity index (χ3v) is 7.76. The molecule has 2 aliphatic rings. The molecule has 192 valence electrons. The van der Waals surface area contributed by atoms with Crippen LogP contribution in [0.4, 0.5) is 29.3 Å². The first-order valence-electron chi connectivity index (χ1n) is 11.3. The zero-order chi connectivity index (χ0) is 26.1. The number of halogens is 3. The number of urea groups is 1. The van der Waals surface area contributed by atoms with Gasteiger partial charge in [-0.15, -0.1) is 0 Å². The molecule has 1 N–H and O–H groups in total. The first kappa shape index (κ1) is 25.6. The first-order valence-corrected chi connectivity index (χ1v) is 12.7. The molecule has 1 saturated carbocycles. The van der Waals surface area contributed by atoms with Gasteiger partial charge in [-0.3, -0.25) is 14.6 Å². The van der Waals surface area contributed by atoms with Crippen LogP contribution >= 0.6 is 0 Å². The van der Waals surface area contributed by atoms with Crippen LogP contribution in [0.3, 0.4) is 0 Å². The Kier molecular flexibility index (Phi) is 7.03. The van der Waals surface area contributed by atoms with Crippen molar-refractivity contribution in [3.63, 3.8) is 0 Å². The molecule has 0 atom stereocenters. The second kappa shape index (κ2) is 9.88. The number of rotatable bonds is 6. The molecule has 1 aliphatic carbocycles. The van der Waals surface area contributed by atoms with E-state index in [1.165, 1.54) is 17.3 Å². The van der Waals surface area contributed by atoms with Crippen LogP contribution in [0.25, 0.3) is 0 Å². The molecule has 4 rings (SSSR count). The summed E-state index contributed by atoms with van der Waals surface area (Å²) in [4.78, 5) is 43.3. The Bertz CT molecular complexity index is 1280. The fraction of sp³-hybridized carbons (Fsp3) is 0.391. The lowest BCUT2D eigenvalue weighted by Crippen LogP contribution is -2.33. The maximum Gasteiger partial charge on any atom is 0.501 e. The topological polar surface area (TPSA) is 117 Å². The minimum atomic E-state index is -5.56. The second-order valence-electron chi connectivity index (χ2n) is 8.67. The molecule has 1 aromatic carbocycles. The Morgan fingerprint density at radius 3 is 2.36 bits per heavy atom. The average Bonchev–Trinajstić information content (AvgIpc) is 3.12. The summed E-state index contributed by atoms with van der Waals surface area (Å²) in [7, 11) is -5.56. The number of amides is 4. The molecular formula is C23H23F3N4O5S. The number of benzene rings is 1. The fourth-order valence-electron chi connectivity index (χ4n) is 4.31. The zero-order valence-corrected chi connectivity index (χ0v) is 19.8. The first-order chi connectivity index (χ1) is 17.0. The van der Waals surface area contributed by atoms with E-state index in [2.05, 4.69) is 10.3 Å². The van der Waals surface area contributed by atoms with E-state index in [0.29, 0.717) is 23.4 Å². The fourth-order valence-corrected chi connectivity index (χ4v) is 5.08. The Balaban J connectivity index is 1.49. The van der Waals surface area contributed by atoms with Crippen LogP contribution in [0.5, 0.6) is 0 Å². The number of hydrogen-bond acceptors (Lipinski definition) is 6. The van der Waals surface area contributed by atoms with Crippen molar-refractivity contribution in [2.45, 2.75) is 49.1 Å². The molecule has 0 bridgehead atoms. The molecule has 1 saturated heterocycles. The molecule has 4 amide bonds. The van der Waals surface area contributed by atoms with Crippen LogP contribution in [0.1, 0.15) is 37.7 Å². The van der Waals surface area contributed by atoms with Gasteiger partial charge in [0.05, 0.1) is 29.0 Å². The van der Waals surface area contributed by atoms with Crippen molar-refractivity contribution in [1.29, 1.82) is 0 Å². The van der Waals surface area contributed by atoms with Gasteiger partial charge in [-0.1, -0.05) is 19.3 Å². The van der Waals surface area contributed by atoms with Crippen molar-refractivity contribution in [2.75, 3.05) is 16.8 Å². The normalized spacial score (nSPS) is 17.5. The van der Waals surface area contributed by atoms with Crippen LogP contribution in [-0.4, -0.2) is 48.2 Å². The third-order valence-electron chi connectivity index (χ3n) is 6.25. The van der Waals surface area contributed by atoms with Crippen molar-refractivity contribution in [1.82, 2.24) is 9.88 Å². The van der Waals surface area contributed by atoms with Crippen molar-refractivity contribution in [2.24, 2.45) is 5.92 Å². The highest BCUT2D eigenvalue weighted by atomic mass is 32.2. The summed E-state index contributed by atoms with van der Waals surface area (Å²) in [5.41, 5.74) is -4.55. The summed E-state index contributed by atoms with van der Waals surface area (Å²) in [6, 6.07) is 4.23. The Morgan fingerprint density at radius 1 is 1.06 bits per heavy atom. The molecular weight excluding hydrogens is 501 g/mol. The standard InChI is InChI=1S/C23H23F3N4O5S/c24-23(25,26)36(34,35)18-8-6-17(7-9-18)30-20(31)14-29(22(30)33)13-16-10-11-27-12-19(16)28-21(32)15-4-2-1-3-5-15/h6-12,15H,1-5,13-14H2,(H,28,32). The van der Waals surface area contributed by atoms with Gasteiger partial charge in [0.15, 0.2) is 0 Å². The SMILES string of the molecule is O=C(Nc1cnccc1CN1CC(=O)N(c2ccc(S(=O)(=O)C(F)(F)F)cc2)C1=O)C1CCCCC1. The van der Waals surface area contributed by atoms with Gasteiger partial charge in [-0.2, -0.15) is 13.2 Å². The van der Waals surface area contributed by atoms with E-state index >= 15 is 0 Å². The van der Waals surface area contributed by atoms with E-state index < -0.39 is 32.2 Å². The lowest BCUT2D eigenvalue weighted by molar-refractivity contribution is -0.120. The molecule has 2 aromatic rings. The maximum absolute atomic E-state index is 13.0. The predicted molar refractivity (Wildman–Crippen MR) is 122 cm³/mol. The number of anilines is 2. The smallest absolute Gasteiger partial charge is 0.324 e. The minimum Gasteiger partial charge on any atom is -0.324 e. The number of hydrogen-bond donors (Lipinski definition) is 1. The number of nitrogens with zero attached hydrogens (tertiary/aromatic N) is 3. The van der Waals surface area contributed by atoms with Crippen LogP contribution in [-0.2, 0) is 26.0 Å². The second-order valence-corrected chi connectivity index (χ2v) is 10.6. The highest BCUT2D eigenvalue weighted by Gasteiger charge is 2.47.